The predicted molar refractivity (Wildman–Crippen MR) is 52.0 cm³/mol. The van der Waals surface area contributed by atoms with Crippen LogP contribution >= 0.6 is 0 Å². The molecule has 0 spiro atoms. The summed E-state index contributed by atoms with van der Waals surface area (Å²) >= 11 is 0. The van der Waals surface area contributed by atoms with Crippen molar-refractivity contribution < 1.29 is 4.74 Å². The van der Waals surface area contributed by atoms with Gasteiger partial charge in [-0.25, -0.2) is 0 Å². The van der Waals surface area contributed by atoms with E-state index in [1.807, 2.05) is 0 Å². The number of allylic oxidation sites excluding steroid dienone is 4. The Bertz CT molecular complexity index is 233. The molecule has 0 bridgehead atoms. The maximum absolute atomic E-state index is 5.06. The summed E-state index contributed by atoms with van der Waals surface area (Å²) in [5.74, 6) is 0.551. The van der Waals surface area contributed by atoms with Crippen molar-refractivity contribution in [2.45, 2.75) is 13.8 Å². The average molecular weight is 164 g/mol. The fourth-order valence-corrected chi connectivity index (χ4v) is 1.38. The zero-order chi connectivity index (χ0) is 8.97. The van der Waals surface area contributed by atoms with Crippen LogP contribution < -0.4 is 0 Å². The number of rotatable bonds is 2. The van der Waals surface area contributed by atoms with Gasteiger partial charge in [-0.2, -0.15) is 0 Å². The zero-order valence-electron chi connectivity index (χ0n) is 8.00. The van der Waals surface area contributed by atoms with Crippen LogP contribution in [0.2, 0.25) is 0 Å². The Morgan fingerprint density at radius 1 is 1.58 bits per heavy atom. The van der Waals surface area contributed by atoms with E-state index < -0.39 is 0 Å². The summed E-state index contributed by atoms with van der Waals surface area (Å²) in [5.41, 5.74) is 2.63. The summed E-state index contributed by atoms with van der Waals surface area (Å²) in [6.07, 6.45) is 8.71. The molecule has 1 atom stereocenters. The van der Waals surface area contributed by atoms with E-state index in [-0.39, 0.29) is 0 Å². The Kier molecular flexibility index (Phi) is 3.30. The van der Waals surface area contributed by atoms with Gasteiger partial charge in [-0.3, -0.25) is 0 Å². The van der Waals surface area contributed by atoms with E-state index in [4.69, 9.17) is 4.74 Å². The van der Waals surface area contributed by atoms with Crippen molar-refractivity contribution in [3.63, 3.8) is 0 Å². The van der Waals surface area contributed by atoms with Crippen LogP contribution in [0.25, 0.3) is 0 Å². The minimum absolute atomic E-state index is 0.551. The minimum atomic E-state index is 0.551. The summed E-state index contributed by atoms with van der Waals surface area (Å²) < 4.78 is 5.06. The molecular formula is C11H16O. The second-order valence-corrected chi connectivity index (χ2v) is 3.09. The van der Waals surface area contributed by atoms with Crippen LogP contribution in [-0.2, 0) is 4.74 Å². The Balaban J connectivity index is 2.74. The topological polar surface area (TPSA) is 9.23 Å². The van der Waals surface area contributed by atoms with Crippen molar-refractivity contribution >= 4 is 0 Å². The predicted octanol–water partition coefficient (Wildman–Crippen LogP) is 2.71. The second kappa shape index (κ2) is 4.27. The van der Waals surface area contributed by atoms with Crippen molar-refractivity contribution in [2.24, 2.45) is 5.92 Å². The first kappa shape index (κ1) is 9.27. The molecule has 0 N–H and O–H groups in total. The highest BCUT2D eigenvalue weighted by molar-refractivity contribution is 5.38. The van der Waals surface area contributed by atoms with Gasteiger partial charge in [-0.1, -0.05) is 31.2 Å². The molecule has 0 fully saturated rings. The maximum Gasteiger partial charge on any atom is 0.0713 e. The largest absolute Gasteiger partial charge is 0.380 e. The summed E-state index contributed by atoms with van der Waals surface area (Å²) in [5, 5.41) is 0. The molecule has 0 aromatic carbocycles. The molecule has 0 saturated heterocycles. The van der Waals surface area contributed by atoms with Crippen LogP contribution in [-0.4, -0.2) is 13.7 Å². The van der Waals surface area contributed by atoms with E-state index in [1.165, 1.54) is 11.1 Å². The molecule has 66 valence electrons. The molecule has 0 radical (unpaired) electrons. The summed E-state index contributed by atoms with van der Waals surface area (Å²) in [6, 6.07) is 0. The first-order valence-corrected chi connectivity index (χ1v) is 4.32. The number of hydrogen-bond acceptors (Lipinski definition) is 1. The lowest BCUT2D eigenvalue weighted by atomic mass is 9.93. The van der Waals surface area contributed by atoms with Gasteiger partial charge in [0.05, 0.1) is 6.61 Å². The molecule has 1 aliphatic rings. The highest BCUT2D eigenvalue weighted by atomic mass is 16.5. The van der Waals surface area contributed by atoms with Crippen LogP contribution in [0.15, 0.2) is 35.5 Å². The van der Waals surface area contributed by atoms with Crippen LogP contribution in [0.5, 0.6) is 0 Å². The molecule has 0 aliphatic heterocycles. The maximum atomic E-state index is 5.06. The van der Waals surface area contributed by atoms with Crippen LogP contribution in [0.3, 0.4) is 0 Å². The Labute approximate surface area is 74.4 Å². The molecule has 1 rings (SSSR count). The second-order valence-electron chi connectivity index (χ2n) is 3.09. The molecule has 1 aliphatic carbocycles. The molecule has 0 saturated carbocycles. The van der Waals surface area contributed by atoms with Crippen molar-refractivity contribution in [1.29, 1.82) is 0 Å². The Hall–Kier alpha value is -0.820. The first-order chi connectivity index (χ1) is 5.77. The number of methoxy groups -OCH3 is 1. The third-order valence-corrected chi connectivity index (χ3v) is 2.12. The smallest absolute Gasteiger partial charge is 0.0713 e. The molecule has 0 amide bonds. The van der Waals surface area contributed by atoms with Crippen molar-refractivity contribution in [2.75, 3.05) is 13.7 Å². The summed E-state index contributed by atoms with van der Waals surface area (Å²) in [4.78, 5) is 0. The fraction of sp³-hybridized carbons (Fsp3) is 0.455. The highest BCUT2D eigenvalue weighted by Gasteiger charge is 2.07. The van der Waals surface area contributed by atoms with E-state index in [0.29, 0.717) is 12.5 Å². The van der Waals surface area contributed by atoms with Gasteiger partial charge < -0.3 is 4.74 Å². The van der Waals surface area contributed by atoms with Crippen LogP contribution in [0.4, 0.5) is 0 Å². The standard InChI is InChI=1S/C11H16O/c1-4-11-7-10(8-12-3)6-5-9(11)2/h4-7,9H,8H2,1-3H3. The monoisotopic (exact) mass is 164 g/mol. The van der Waals surface area contributed by atoms with Gasteiger partial charge in [-0.15, -0.1) is 0 Å². The van der Waals surface area contributed by atoms with Crippen molar-refractivity contribution in [1.82, 2.24) is 0 Å². The van der Waals surface area contributed by atoms with Gasteiger partial charge >= 0.3 is 0 Å². The highest BCUT2D eigenvalue weighted by Crippen LogP contribution is 2.21. The van der Waals surface area contributed by atoms with Gasteiger partial charge in [0.1, 0.15) is 0 Å². The molecule has 1 unspecified atom stereocenters. The van der Waals surface area contributed by atoms with E-state index in [2.05, 4.69) is 38.2 Å². The quantitative estimate of drug-likeness (QED) is 0.609. The molecule has 0 aromatic rings. The van der Waals surface area contributed by atoms with E-state index in [1.54, 1.807) is 7.11 Å². The van der Waals surface area contributed by atoms with Crippen molar-refractivity contribution in [3.05, 3.63) is 35.5 Å². The molecule has 0 aromatic heterocycles. The van der Waals surface area contributed by atoms with Gasteiger partial charge in [0, 0.05) is 7.11 Å². The lowest BCUT2D eigenvalue weighted by Crippen LogP contribution is -2.02. The number of ether oxygens (including phenoxy) is 1. The Morgan fingerprint density at radius 2 is 2.33 bits per heavy atom. The van der Waals surface area contributed by atoms with Gasteiger partial charge in [0.25, 0.3) is 0 Å². The van der Waals surface area contributed by atoms with E-state index in [0.717, 1.165) is 0 Å². The average Bonchev–Trinajstić information content (AvgIpc) is 2.09. The third kappa shape index (κ3) is 2.08. The van der Waals surface area contributed by atoms with E-state index in [9.17, 15) is 0 Å². The Morgan fingerprint density at radius 3 is 2.92 bits per heavy atom. The fourth-order valence-electron chi connectivity index (χ4n) is 1.38. The summed E-state index contributed by atoms with van der Waals surface area (Å²) in [7, 11) is 1.72. The lowest BCUT2D eigenvalue weighted by molar-refractivity contribution is 0.228. The zero-order valence-corrected chi connectivity index (χ0v) is 8.00. The molecular weight excluding hydrogens is 148 g/mol. The molecule has 0 heterocycles. The van der Waals surface area contributed by atoms with Crippen LogP contribution in [0.1, 0.15) is 13.8 Å². The van der Waals surface area contributed by atoms with Crippen LogP contribution in [0, 0.1) is 5.92 Å². The lowest BCUT2D eigenvalue weighted by Gasteiger charge is -2.14. The van der Waals surface area contributed by atoms with Gasteiger partial charge in [-0.05, 0) is 24.0 Å². The molecule has 1 nitrogen and oxygen atoms in total. The minimum Gasteiger partial charge on any atom is -0.380 e. The summed E-state index contributed by atoms with van der Waals surface area (Å²) in [6.45, 7) is 4.98. The normalized spacial score (nSPS) is 26.1. The van der Waals surface area contributed by atoms with Gasteiger partial charge in [0.2, 0.25) is 0 Å². The van der Waals surface area contributed by atoms with Gasteiger partial charge in [0.15, 0.2) is 0 Å². The van der Waals surface area contributed by atoms with E-state index >= 15 is 0 Å². The molecule has 12 heavy (non-hydrogen) atoms. The third-order valence-electron chi connectivity index (χ3n) is 2.12. The number of hydrogen-bond donors (Lipinski definition) is 0. The SMILES string of the molecule is CC=C1C=C(COC)C=CC1C. The van der Waals surface area contributed by atoms with Crippen molar-refractivity contribution in [3.8, 4) is 0 Å². The molecule has 1 heteroatoms. The first-order valence-electron chi connectivity index (χ1n) is 4.32.